The lowest BCUT2D eigenvalue weighted by atomic mass is 9.82. The highest BCUT2D eigenvalue weighted by atomic mass is 16.2. The van der Waals surface area contributed by atoms with Crippen molar-refractivity contribution in [2.24, 2.45) is 16.0 Å². The van der Waals surface area contributed by atoms with Gasteiger partial charge in [0.2, 0.25) is 0 Å². The predicted octanol–water partition coefficient (Wildman–Crippen LogP) is 7.06. The first-order valence-corrected chi connectivity index (χ1v) is 15.5. The summed E-state index contributed by atoms with van der Waals surface area (Å²) in [5.41, 5.74) is 6.53. The Morgan fingerprint density at radius 1 is 1.02 bits per heavy atom. The van der Waals surface area contributed by atoms with Crippen LogP contribution in [0.5, 0.6) is 0 Å². The fourth-order valence-electron chi connectivity index (χ4n) is 6.25. The molecule has 1 fully saturated rings. The Bertz CT molecular complexity index is 1560. The van der Waals surface area contributed by atoms with Crippen molar-refractivity contribution < 1.29 is 9.59 Å². The van der Waals surface area contributed by atoms with E-state index in [1.807, 2.05) is 75.4 Å². The minimum Gasteiger partial charge on any atom is -0.372 e. The molecule has 2 aliphatic heterocycles. The lowest BCUT2D eigenvalue weighted by Gasteiger charge is -2.29. The highest BCUT2D eigenvalue weighted by Crippen LogP contribution is 2.39. The molecule has 0 atom stereocenters. The van der Waals surface area contributed by atoms with Crippen LogP contribution in [0.4, 0.5) is 21.9 Å². The number of urea groups is 1. The van der Waals surface area contributed by atoms with E-state index in [2.05, 4.69) is 27.8 Å². The number of nitrogens with zero attached hydrogens (tertiary/aromatic N) is 4. The van der Waals surface area contributed by atoms with Crippen molar-refractivity contribution in [1.29, 1.82) is 0 Å². The maximum Gasteiger partial charge on any atom is 0.349 e. The number of hydrogen-bond donors (Lipinski definition) is 2. The molecule has 8 nitrogen and oxygen atoms in total. The van der Waals surface area contributed by atoms with Crippen LogP contribution < -0.4 is 15.5 Å². The van der Waals surface area contributed by atoms with E-state index in [1.165, 1.54) is 6.42 Å². The molecule has 3 aliphatic rings. The standard InChI is InChI=1S/C35H40N6O2/c1-23(2)41-35(43)40(28-16-14-25(15-17-28)21-32-36-18-19-37-32)31-20-24(3)29(34(42)38-27-12-8-5-9-13-27)22-30(31)33(39-41)26-10-6-4-7-11-26/h5,8-9,12-17,20,22-23,26H,4,6-7,10-11,18-19,21H2,1-3H3,(H,36,37)(H,38,42). The van der Waals surface area contributed by atoms with Crippen molar-refractivity contribution >= 4 is 40.5 Å². The second-order valence-corrected chi connectivity index (χ2v) is 12.0. The minimum atomic E-state index is -0.197. The molecule has 1 aliphatic carbocycles. The summed E-state index contributed by atoms with van der Waals surface area (Å²) < 4.78 is 0. The molecule has 3 amide bonds. The number of para-hydroxylation sites is 1. The zero-order valence-electron chi connectivity index (χ0n) is 25.3. The first-order chi connectivity index (χ1) is 20.9. The van der Waals surface area contributed by atoms with E-state index < -0.39 is 0 Å². The van der Waals surface area contributed by atoms with Gasteiger partial charge in [-0.3, -0.25) is 14.7 Å². The minimum absolute atomic E-state index is 0.143. The van der Waals surface area contributed by atoms with Gasteiger partial charge >= 0.3 is 6.03 Å². The van der Waals surface area contributed by atoms with Crippen molar-refractivity contribution in [1.82, 2.24) is 10.3 Å². The SMILES string of the molecule is Cc1cc2c(cc1C(=O)Nc1ccccc1)C(C1CCCCC1)=NN(C(C)C)C(=O)N2c1ccc(CC2=NCCN2)cc1. The topological polar surface area (TPSA) is 89.4 Å². The largest absolute Gasteiger partial charge is 0.372 e. The van der Waals surface area contributed by atoms with Crippen molar-refractivity contribution in [3.8, 4) is 0 Å². The van der Waals surface area contributed by atoms with E-state index in [9.17, 15) is 9.59 Å². The third-order valence-corrected chi connectivity index (χ3v) is 8.53. The smallest absolute Gasteiger partial charge is 0.349 e. The lowest BCUT2D eigenvalue weighted by molar-refractivity contribution is 0.102. The second kappa shape index (κ2) is 12.4. The molecule has 3 aromatic rings. The van der Waals surface area contributed by atoms with Gasteiger partial charge in [-0.05, 0) is 81.1 Å². The summed E-state index contributed by atoms with van der Waals surface area (Å²) in [6.07, 6.45) is 6.24. The molecule has 8 heteroatoms. The van der Waals surface area contributed by atoms with E-state index in [4.69, 9.17) is 5.10 Å². The summed E-state index contributed by atoms with van der Waals surface area (Å²) in [7, 11) is 0. The summed E-state index contributed by atoms with van der Waals surface area (Å²) in [5, 5.41) is 13.1. The van der Waals surface area contributed by atoms with Crippen LogP contribution in [0.3, 0.4) is 0 Å². The average molecular weight is 577 g/mol. The quantitative estimate of drug-likeness (QED) is 0.316. The Morgan fingerprint density at radius 2 is 1.77 bits per heavy atom. The average Bonchev–Trinajstić information content (AvgIpc) is 3.48. The van der Waals surface area contributed by atoms with Crippen molar-refractivity contribution in [2.45, 2.75) is 65.3 Å². The van der Waals surface area contributed by atoms with Crippen molar-refractivity contribution in [3.05, 3.63) is 89.0 Å². The molecule has 43 heavy (non-hydrogen) atoms. The summed E-state index contributed by atoms with van der Waals surface area (Å²) >= 11 is 0. The van der Waals surface area contributed by atoms with E-state index >= 15 is 0 Å². The highest BCUT2D eigenvalue weighted by Gasteiger charge is 2.36. The second-order valence-electron chi connectivity index (χ2n) is 12.0. The van der Waals surface area contributed by atoms with Gasteiger partial charge in [-0.1, -0.05) is 49.6 Å². The molecule has 2 heterocycles. The Hall–Kier alpha value is -4.46. The van der Waals surface area contributed by atoms with Gasteiger partial charge < -0.3 is 10.6 Å². The molecule has 0 saturated heterocycles. The zero-order chi connectivity index (χ0) is 29.9. The Balaban J connectivity index is 1.46. The molecular formula is C35H40N6O2. The Kier molecular flexibility index (Phi) is 8.27. The van der Waals surface area contributed by atoms with Crippen LogP contribution in [0.15, 0.2) is 76.8 Å². The van der Waals surface area contributed by atoms with Crippen LogP contribution in [0, 0.1) is 12.8 Å². The number of aryl methyl sites for hydroxylation is 1. The molecule has 0 radical (unpaired) electrons. The molecule has 222 valence electrons. The van der Waals surface area contributed by atoms with E-state index in [-0.39, 0.29) is 23.9 Å². The summed E-state index contributed by atoms with van der Waals surface area (Å²) in [6, 6.07) is 21.2. The Morgan fingerprint density at radius 3 is 2.44 bits per heavy atom. The predicted molar refractivity (Wildman–Crippen MR) is 174 cm³/mol. The molecule has 0 aromatic heterocycles. The van der Waals surface area contributed by atoms with Gasteiger partial charge in [0.1, 0.15) is 5.84 Å². The number of hydrazone groups is 1. The van der Waals surface area contributed by atoms with Crippen molar-refractivity contribution in [3.63, 3.8) is 0 Å². The highest BCUT2D eigenvalue weighted by molar-refractivity contribution is 6.16. The number of aliphatic imine (C=N–C) groups is 1. The van der Waals surface area contributed by atoms with Gasteiger partial charge in [0.05, 0.1) is 29.7 Å². The van der Waals surface area contributed by atoms with Gasteiger partial charge in [-0.15, -0.1) is 0 Å². The third kappa shape index (κ3) is 6.05. The van der Waals surface area contributed by atoms with Gasteiger partial charge in [0.15, 0.2) is 0 Å². The van der Waals surface area contributed by atoms with Crippen molar-refractivity contribution in [2.75, 3.05) is 23.3 Å². The van der Waals surface area contributed by atoms with Gasteiger partial charge in [-0.2, -0.15) is 5.10 Å². The molecular weight excluding hydrogens is 536 g/mol. The number of amidine groups is 1. The van der Waals surface area contributed by atoms with E-state index in [1.54, 1.807) is 9.91 Å². The number of benzene rings is 3. The maximum atomic E-state index is 14.3. The number of amides is 3. The zero-order valence-corrected chi connectivity index (χ0v) is 25.3. The number of hydrogen-bond acceptors (Lipinski definition) is 5. The Labute approximate surface area is 253 Å². The number of carbonyl (C=O) groups is 2. The first kappa shape index (κ1) is 28.6. The summed E-state index contributed by atoms with van der Waals surface area (Å²) in [4.78, 5) is 34.2. The lowest BCUT2D eigenvalue weighted by Crippen LogP contribution is -2.41. The van der Waals surface area contributed by atoms with E-state index in [0.717, 1.165) is 90.5 Å². The fraction of sp³-hybridized carbons (Fsp3) is 0.371. The first-order valence-electron chi connectivity index (χ1n) is 15.5. The van der Waals surface area contributed by atoms with Gasteiger partial charge in [0.25, 0.3) is 5.91 Å². The maximum absolute atomic E-state index is 14.3. The third-order valence-electron chi connectivity index (χ3n) is 8.53. The van der Waals surface area contributed by atoms with Crippen LogP contribution in [-0.2, 0) is 6.42 Å². The molecule has 3 aromatic carbocycles. The van der Waals surface area contributed by atoms with Gasteiger partial charge in [-0.25, -0.2) is 9.80 Å². The molecule has 0 bridgehead atoms. The van der Waals surface area contributed by atoms with Crippen LogP contribution in [0.2, 0.25) is 0 Å². The molecule has 0 spiro atoms. The molecule has 6 rings (SSSR count). The number of carbonyl (C=O) groups excluding carboxylic acids is 2. The van der Waals surface area contributed by atoms with Gasteiger partial charge in [0, 0.05) is 35.7 Å². The number of rotatable bonds is 7. The molecule has 1 saturated carbocycles. The van der Waals surface area contributed by atoms with Crippen LogP contribution in [-0.4, -0.2) is 47.6 Å². The summed E-state index contributed by atoms with van der Waals surface area (Å²) in [6.45, 7) is 7.62. The number of anilines is 3. The fourth-order valence-corrected chi connectivity index (χ4v) is 6.25. The van der Waals surface area contributed by atoms with Crippen LogP contribution in [0.25, 0.3) is 0 Å². The molecule has 0 unspecified atom stereocenters. The van der Waals surface area contributed by atoms with Crippen LogP contribution >= 0.6 is 0 Å². The summed E-state index contributed by atoms with van der Waals surface area (Å²) in [5.74, 6) is 1.04. The van der Waals surface area contributed by atoms with Crippen LogP contribution in [0.1, 0.15) is 73.0 Å². The van der Waals surface area contributed by atoms with E-state index in [0.29, 0.717) is 5.56 Å². The normalized spacial score (nSPS) is 17.3. The number of nitrogens with one attached hydrogen (secondary N) is 2. The monoisotopic (exact) mass is 576 g/mol. The number of fused-ring (bicyclic) bond motifs is 1. The molecule has 2 N–H and O–H groups in total.